The summed E-state index contributed by atoms with van der Waals surface area (Å²) in [5.41, 5.74) is 1.72. The second kappa shape index (κ2) is 5.72. The van der Waals surface area contributed by atoms with Crippen LogP contribution in [0.15, 0.2) is 54.9 Å². The number of carbonyl (C=O) groups is 1. The predicted molar refractivity (Wildman–Crippen MR) is 78.6 cm³/mol. The van der Waals surface area contributed by atoms with Crippen molar-refractivity contribution in [1.82, 2.24) is 20.0 Å². The summed E-state index contributed by atoms with van der Waals surface area (Å²) in [4.78, 5) is 17.5. The fourth-order valence-electron chi connectivity index (χ4n) is 1.76. The Kier molecular flexibility index (Phi) is 3.61. The number of aromatic nitrogens is 4. The van der Waals surface area contributed by atoms with Crippen molar-refractivity contribution in [2.45, 2.75) is 0 Å². The Hall–Kier alpha value is -2.73. The van der Waals surface area contributed by atoms with Crippen molar-refractivity contribution in [2.24, 2.45) is 0 Å². The molecule has 0 spiro atoms. The van der Waals surface area contributed by atoms with Gasteiger partial charge in [-0.15, -0.1) is 0 Å². The van der Waals surface area contributed by atoms with Crippen LogP contribution in [-0.4, -0.2) is 25.9 Å². The normalized spacial score (nSPS) is 10.3. The van der Waals surface area contributed by atoms with Crippen molar-refractivity contribution in [3.05, 3.63) is 65.7 Å². The molecular weight excluding hydrogens is 290 g/mol. The topological polar surface area (TPSA) is 72.7 Å². The van der Waals surface area contributed by atoms with Gasteiger partial charge in [0.2, 0.25) is 0 Å². The number of hydrogen-bond donors (Lipinski definition) is 1. The fourth-order valence-corrected chi connectivity index (χ4v) is 1.92. The minimum Gasteiger partial charge on any atom is -0.321 e. The van der Waals surface area contributed by atoms with E-state index in [0.29, 0.717) is 5.69 Å². The van der Waals surface area contributed by atoms with E-state index < -0.39 is 0 Å². The second-order valence-corrected chi connectivity index (χ2v) is 4.55. The largest absolute Gasteiger partial charge is 0.321 e. The number of halogens is 1. The first-order chi connectivity index (χ1) is 10.2. The molecule has 0 saturated heterocycles. The molecule has 7 heteroatoms. The number of pyridine rings is 1. The van der Waals surface area contributed by atoms with E-state index in [4.69, 9.17) is 11.6 Å². The molecule has 2 heterocycles. The highest BCUT2D eigenvalue weighted by atomic mass is 35.5. The van der Waals surface area contributed by atoms with Crippen LogP contribution in [-0.2, 0) is 0 Å². The molecule has 6 nitrogen and oxygen atoms in total. The molecule has 104 valence electrons. The molecule has 3 aromatic rings. The van der Waals surface area contributed by atoms with E-state index in [9.17, 15) is 4.79 Å². The minimum atomic E-state index is -0.317. The number of benzene rings is 1. The standard InChI is InChI=1S/C14H10ClN5O/c15-13-3-1-2-12(19-13)14(21)18-10-4-6-11(7-5-10)20-16-8-9-17-20/h1-9H,(H,18,21). The molecule has 0 fully saturated rings. The lowest BCUT2D eigenvalue weighted by atomic mass is 10.2. The Morgan fingerprint density at radius 3 is 2.43 bits per heavy atom. The van der Waals surface area contributed by atoms with Crippen LogP contribution >= 0.6 is 11.6 Å². The highest BCUT2D eigenvalue weighted by Crippen LogP contribution is 2.13. The monoisotopic (exact) mass is 299 g/mol. The maximum absolute atomic E-state index is 12.0. The first kappa shape index (κ1) is 13.3. The summed E-state index contributed by atoms with van der Waals surface area (Å²) >= 11 is 5.76. The number of anilines is 1. The van der Waals surface area contributed by atoms with E-state index in [1.807, 2.05) is 0 Å². The third kappa shape index (κ3) is 3.06. The van der Waals surface area contributed by atoms with Crippen LogP contribution in [0.25, 0.3) is 5.69 Å². The zero-order valence-corrected chi connectivity index (χ0v) is 11.5. The quantitative estimate of drug-likeness (QED) is 0.754. The van der Waals surface area contributed by atoms with E-state index in [1.54, 1.807) is 54.9 Å². The smallest absolute Gasteiger partial charge is 0.274 e. The summed E-state index contributed by atoms with van der Waals surface area (Å²) in [5, 5.41) is 11.1. The van der Waals surface area contributed by atoms with Crippen LogP contribution in [0.3, 0.4) is 0 Å². The molecule has 21 heavy (non-hydrogen) atoms. The number of nitrogens with zero attached hydrogens (tertiary/aromatic N) is 4. The Bertz CT molecular complexity index is 755. The lowest BCUT2D eigenvalue weighted by Gasteiger charge is -2.06. The van der Waals surface area contributed by atoms with Crippen molar-refractivity contribution < 1.29 is 4.79 Å². The zero-order chi connectivity index (χ0) is 14.7. The van der Waals surface area contributed by atoms with Gasteiger partial charge in [-0.2, -0.15) is 15.0 Å². The summed E-state index contributed by atoms with van der Waals surface area (Å²) in [5.74, 6) is -0.317. The van der Waals surface area contributed by atoms with E-state index in [-0.39, 0.29) is 16.8 Å². The Morgan fingerprint density at radius 1 is 1.05 bits per heavy atom. The number of hydrogen-bond acceptors (Lipinski definition) is 4. The summed E-state index contributed by atoms with van der Waals surface area (Å²) in [6, 6.07) is 12.0. The summed E-state index contributed by atoms with van der Waals surface area (Å²) in [6.45, 7) is 0. The molecule has 1 amide bonds. The van der Waals surface area contributed by atoms with Crippen LogP contribution < -0.4 is 5.32 Å². The molecule has 0 unspecified atom stereocenters. The Morgan fingerprint density at radius 2 is 1.76 bits per heavy atom. The third-order valence-corrected chi connectivity index (χ3v) is 2.93. The predicted octanol–water partition coefficient (Wildman–Crippen LogP) is 2.57. The van der Waals surface area contributed by atoms with Gasteiger partial charge in [-0.1, -0.05) is 17.7 Å². The SMILES string of the molecule is O=C(Nc1ccc(-n2nccn2)cc1)c1cccc(Cl)n1. The van der Waals surface area contributed by atoms with Gasteiger partial charge in [0, 0.05) is 5.69 Å². The van der Waals surface area contributed by atoms with Gasteiger partial charge in [-0.3, -0.25) is 4.79 Å². The molecule has 1 aromatic carbocycles. The van der Waals surface area contributed by atoms with Crippen LogP contribution in [0, 0.1) is 0 Å². The Balaban J connectivity index is 1.75. The van der Waals surface area contributed by atoms with Gasteiger partial charge in [0.15, 0.2) is 0 Å². The van der Waals surface area contributed by atoms with Crippen molar-refractivity contribution in [3.63, 3.8) is 0 Å². The van der Waals surface area contributed by atoms with Crippen molar-refractivity contribution in [2.75, 3.05) is 5.32 Å². The van der Waals surface area contributed by atoms with Gasteiger partial charge in [0.1, 0.15) is 10.8 Å². The zero-order valence-electron chi connectivity index (χ0n) is 10.8. The highest BCUT2D eigenvalue weighted by molar-refractivity contribution is 6.29. The van der Waals surface area contributed by atoms with Crippen molar-refractivity contribution >= 4 is 23.2 Å². The number of amides is 1. The van der Waals surface area contributed by atoms with Crippen molar-refractivity contribution in [1.29, 1.82) is 0 Å². The van der Waals surface area contributed by atoms with Gasteiger partial charge < -0.3 is 5.32 Å². The molecule has 0 aliphatic heterocycles. The highest BCUT2D eigenvalue weighted by Gasteiger charge is 2.08. The van der Waals surface area contributed by atoms with E-state index in [0.717, 1.165) is 5.69 Å². The average molecular weight is 300 g/mol. The molecule has 0 atom stereocenters. The van der Waals surface area contributed by atoms with E-state index >= 15 is 0 Å². The molecule has 0 aliphatic rings. The Labute approximate surface area is 125 Å². The van der Waals surface area contributed by atoms with Crippen LogP contribution in [0.1, 0.15) is 10.5 Å². The van der Waals surface area contributed by atoms with Gasteiger partial charge >= 0.3 is 0 Å². The molecule has 2 aromatic heterocycles. The van der Waals surface area contributed by atoms with E-state index in [2.05, 4.69) is 20.5 Å². The van der Waals surface area contributed by atoms with Gasteiger partial charge in [-0.25, -0.2) is 4.98 Å². The van der Waals surface area contributed by atoms with Gasteiger partial charge in [0.05, 0.1) is 18.1 Å². The lowest BCUT2D eigenvalue weighted by molar-refractivity contribution is 0.102. The number of nitrogens with one attached hydrogen (secondary N) is 1. The van der Waals surface area contributed by atoms with Crippen molar-refractivity contribution in [3.8, 4) is 5.69 Å². The van der Waals surface area contributed by atoms with Crippen LogP contribution in [0.2, 0.25) is 5.15 Å². The van der Waals surface area contributed by atoms with Crippen LogP contribution in [0.5, 0.6) is 0 Å². The molecule has 0 aliphatic carbocycles. The first-order valence-corrected chi connectivity index (χ1v) is 6.51. The maximum Gasteiger partial charge on any atom is 0.274 e. The molecular formula is C14H10ClN5O. The first-order valence-electron chi connectivity index (χ1n) is 6.13. The summed E-state index contributed by atoms with van der Waals surface area (Å²) in [7, 11) is 0. The fraction of sp³-hybridized carbons (Fsp3) is 0. The van der Waals surface area contributed by atoms with Gasteiger partial charge in [0.25, 0.3) is 5.91 Å². The molecule has 0 saturated carbocycles. The van der Waals surface area contributed by atoms with E-state index in [1.165, 1.54) is 4.80 Å². The number of rotatable bonds is 3. The minimum absolute atomic E-state index is 0.264. The third-order valence-electron chi connectivity index (χ3n) is 2.72. The number of carbonyl (C=O) groups excluding carboxylic acids is 1. The second-order valence-electron chi connectivity index (χ2n) is 4.17. The lowest BCUT2D eigenvalue weighted by Crippen LogP contribution is -2.13. The molecule has 0 bridgehead atoms. The maximum atomic E-state index is 12.0. The molecule has 1 N–H and O–H groups in total. The summed E-state index contributed by atoms with van der Waals surface area (Å²) < 4.78 is 0. The van der Waals surface area contributed by atoms with Gasteiger partial charge in [-0.05, 0) is 36.4 Å². The molecule has 0 radical (unpaired) electrons. The summed E-state index contributed by atoms with van der Waals surface area (Å²) in [6.07, 6.45) is 3.20. The van der Waals surface area contributed by atoms with Crippen LogP contribution in [0.4, 0.5) is 5.69 Å². The molecule has 3 rings (SSSR count). The average Bonchev–Trinajstić information content (AvgIpc) is 3.02.